The number of carbonyl (C=O) groups is 1. The van der Waals surface area contributed by atoms with Gasteiger partial charge in [-0.2, -0.15) is 0 Å². The highest BCUT2D eigenvalue weighted by atomic mass is 19.1. The molecule has 2 unspecified atom stereocenters. The average Bonchev–Trinajstić information content (AvgIpc) is 2.83. The highest BCUT2D eigenvalue weighted by molar-refractivity contribution is 5.82. The molecule has 1 aliphatic rings. The fourth-order valence-corrected chi connectivity index (χ4v) is 2.35. The molecule has 1 amide bonds. The number of hydrogen-bond donors (Lipinski definition) is 1. The van der Waals surface area contributed by atoms with E-state index in [9.17, 15) is 13.6 Å². The monoisotopic (exact) mass is 298 g/mol. The third-order valence-electron chi connectivity index (χ3n) is 3.53. The normalized spacial score (nSPS) is 19.9. The molecule has 0 saturated carbocycles. The van der Waals surface area contributed by atoms with E-state index < -0.39 is 17.7 Å². The van der Waals surface area contributed by atoms with Crippen LogP contribution in [0.4, 0.5) is 8.78 Å². The molecule has 1 aliphatic heterocycles. The number of nitrogens with zero attached hydrogens (tertiary/aromatic N) is 1. The van der Waals surface area contributed by atoms with E-state index in [0.29, 0.717) is 13.1 Å². The van der Waals surface area contributed by atoms with Gasteiger partial charge in [0.25, 0.3) is 5.91 Å². The van der Waals surface area contributed by atoms with Crippen molar-refractivity contribution in [3.63, 3.8) is 0 Å². The zero-order chi connectivity index (χ0) is 15.6. The molecule has 2 atom stereocenters. The number of halogens is 2. The molecule has 116 valence electrons. The van der Waals surface area contributed by atoms with Crippen molar-refractivity contribution >= 4 is 5.91 Å². The maximum absolute atomic E-state index is 13.7. The summed E-state index contributed by atoms with van der Waals surface area (Å²) in [4.78, 5) is 14.1. The van der Waals surface area contributed by atoms with Crippen molar-refractivity contribution in [3.05, 3.63) is 29.8 Å². The van der Waals surface area contributed by atoms with Crippen molar-refractivity contribution in [2.24, 2.45) is 11.7 Å². The van der Waals surface area contributed by atoms with Crippen molar-refractivity contribution in [1.29, 1.82) is 0 Å². The number of nitrogens with two attached hydrogens (primary N) is 1. The summed E-state index contributed by atoms with van der Waals surface area (Å²) in [7, 11) is 0. The second kappa shape index (κ2) is 6.39. The Morgan fingerprint density at radius 2 is 2.14 bits per heavy atom. The Morgan fingerprint density at radius 1 is 1.43 bits per heavy atom. The number of benzene rings is 1. The molecule has 1 aromatic rings. The summed E-state index contributed by atoms with van der Waals surface area (Å²) in [6.45, 7) is 4.70. The van der Waals surface area contributed by atoms with Crippen molar-refractivity contribution < 1.29 is 18.3 Å². The largest absolute Gasteiger partial charge is 0.477 e. The molecule has 4 nitrogen and oxygen atoms in total. The lowest BCUT2D eigenvalue weighted by atomic mass is 10.1. The molecule has 1 fully saturated rings. The first-order valence-electron chi connectivity index (χ1n) is 7.04. The first-order valence-corrected chi connectivity index (χ1v) is 7.04. The SMILES string of the molecule is CC(C)C(Oc1ccc(F)cc1F)C(=O)N1CCC(N)C1. The van der Waals surface area contributed by atoms with Crippen LogP contribution in [0.1, 0.15) is 20.3 Å². The zero-order valence-electron chi connectivity index (χ0n) is 12.2. The minimum atomic E-state index is -0.813. The summed E-state index contributed by atoms with van der Waals surface area (Å²) in [5, 5.41) is 0. The standard InChI is InChI=1S/C15H20F2N2O2/c1-9(2)14(15(20)19-6-5-11(18)8-19)21-13-4-3-10(16)7-12(13)17/h3-4,7,9,11,14H,5-6,8,18H2,1-2H3. The fourth-order valence-electron chi connectivity index (χ4n) is 2.35. The summed E-state index contributed by atoms with van der Waals surface area (Å²) < 4.78 is 32.1. The number of hydrogen-bond acceptors (Lipinski definition) is 3. The summed E-state index contributed by atoms with van der Waals surface area (Å²) in [5.41, 5.74) is 5.80. The van der Waals surface area contributed by atoms with Gasteiger partial charge >= 0.3 is 0 Å². The van der Waals surface area contributed by atoms with E-state index in [2.05, 4.69) is 0 Å². The van der Waals surface area contributed by atoms with Gasteiger partial charge < -0.3 is 15.4 Å². The maximum atomic E-state index is 13.7. The smallest absolute Gasteiger partial charge is 0.263 e. The van der Waals surface area contributed by atoms with Crippen molar-refractivity contribution in [1.82, 2.24) is 4.90 Å². The van der Waals surface area contributed by atoms with Gasteiger partial charge in [0.05, 0.1) is 0 Å². The summed E-state index contributed by atoms with van der Waals surface area (Å²) in [6, 6.07) is 3.02. The van der Waals surface area contributed by atoms with Crippen LogP contribution in [-0.4, -0.2) is 36.0 Å². The van der Waals surface area contributed by atoms with Crippen molar-refractivity contribution in [2.45, 2.75) is 32.4 Å². The van der Waals surface area contributed by atoms with Gasteiger partial charge in [-0.05, 0) is 24.5 Å². The molecule has 2 N–H and O–H groups in total. The van der Waals surface area contributed by atoms with Gasteiger partial charge in [0, 0.05) is 25.2 Å². The third kappa shape index (κ3) is 3.69. The molecule has 0 spiro atoms. The fraction of sp³-hybridized carbons (Fsp3) is 0.533. The lowest BCUT2D eigenvalue weighted by Crippen LogP contribution is -2.44. The van der Waals surface area contributed by atoms with Crippen molar-refractivity contribution in [3.8, 4) is 5.75 Å². The van der Waals surface area contributed by atoms with Crippen LogP contribution in [0.15, 0.2) is 18.2 Å². The van der Waals surface area contributed by atoms with Crippen LogP contribution in [0.25, 0.3) is 0 Å². The molecule has 21 heavy (non-hydrogen) atoms. The Labute approximate surface area is 122 Å². The number of rotatable bonds is 4. The topological polar surface area (TPSA) is 55.6 Å². The van der Waals surface area contributed by atoms with Crippen LogP contribution in [-0.2, 0) is 4.79 Å². The zero-order valence-corrected chi connectivity index (χ0v) is 12.2. The number of amides is 1. The Morgan fingerprint density at radius 3 is 2.67 bits per heavy atom. The van der Waals surface area contributed by atoms with E-state index >= 15 is 0 Å². The van der Waals surface area contributed by atoms with Crippen LogP contribution in [0.2, 0.25) is 0 Å². The predicted octanol–water partition coefficient (Wildman–Crippen LogP) is 1.93. The molecule has 0 radical (unpaired) electrons. The predicted molar refractivity (Wildman–Crippen MR) is 74.8 cm³/mol. The summed E-state index contributed by atoms with van der Waals surface area (Å²) in [6.07, 6.45) is -0.0585. The molecule has 1 aromatic carbocycles. The summed E-state index contributed by atoms with van der Waals surface area (Å²) in [5.74, 6) is -1.96. The van der Waals surface area contributed by atoms with Gasteiger partial charge in [0.2, 0.25) is 0 Å². The summed E-state index contributed by atoms with van der Waals surface area (Å²) >= 11 is 0. The van der Waals surface area contributed by atoms with Crippen LogP contribution in [0, 0.1) is 17.6 Å². The first-order chi connectivity index (χ1) is 9.88. The maximum Gasteiger partial charge on any atom is 0.263 e. The van der Waals surface area contributed by atoms with Gasteiger partial charge in [-0.15, -0.1) is 0 Å². The van der Waals surface area contributed by atoms with Crippen LogP contribution < -0.4 is 10.5 Å². The molecule has 2 rings (SSSR count). The molecule has 0 aromatic heterocycles. The van der Waals surface area contributed by atoms with Crippen LogP contribution in [0.3, 0.4) is 0 Å². The van der Waals surface area contributed by atoms with Gasteiger partial charge in [0.15, 0.2) is 17.7 Å². The molecule has 0 aliphatic carbocycles. The Kier molecular flexibility index (Phi) is 4.77. The van der Waals surface area contributed by atoms with E-state index in [4.69, 9.17) is 10.5 Å². The molecular weight excluding hydrogens is 278 g/mol. The first kappa shape index (κ1) is 15.7. The number of carbonyl (C=O) groups excluding carboxylic acids is 1. The molecule has 1 heterocycles. The van der Waals surface area contributed by atoms with E-state index in [0.717, 1.165) is 18.6 Å². The van der Waals surface area contributed by atoms with Crippen LogP contribution in [0.5, 0.6) is 5.75 Å². The van der Waals surface area contributed by atoms with E-state index in [1.807, 2.05) is 13.8 Å². The molecule has 0 bridgehead atoms. The van der Waals surface area contributed by atoms with Gasteiger partial charge in [-0.1, -0.05) is 13.8 Å². The van der Waals surface area contributed by atoms with E-state index in [1.165, 1.54) is 6.07 Å². The highest BCUT2D eigenvalue weighted by Gasteiger charge is 2.33. The molecule has 6 heteroatoms. The quantitative estimate of drug-likeness (QED) is 0.924. The second-order valence-electron chi connectivity index (χ2n) is 5.69. The lowest BCUT2D eigenvalue weighted by molar-refractivity contribution is -0.139. The van der Waals surface area contributed by atoms with Crippen molar-refractivity contribution in [2.75, 3.05) is 13.1 Å². The minimum absolute atomic E-state index is 0.0238. The van der Waals surface area contributed by atoms with Gasteiger partial charge in [-0.3, -0.25) is 4.79 Å². The average molecular weight is 298 g/mol. The minimum Gasteiger partial charge on any atom is -0.477 e. The highest BCUT2D eigenvalue weighted by Crippen LogP contribution is 2.23. The van der Waals surface area contributed by atoms with E-state index in [-0.39, 0.29) is 23.6 Å². The number of likely N-dealkylation sites (tertiary alicyclic amines) is 1. The van der Waals surface area contributed by atoms with Crippen LogP contribution >= 0.6 is 0 Å². The van der Waals surface area contributed by atoms with Gasteiger partial charge in [-0.25, -0.2) is 8.78 Å². The Bertz CT molecular complexity index is 522. The Balaban J connectivity index is 2.13. The third-order valence-corrected chi connectivity index (χ3v) is 3.53. The molecule has 1 saturated heterocycles. The molecular formula is C15H20F2N2O2. The lowest BCUT2D eigenvalue weighted by Gasteiger charge is -2.26. The van der Waals surface area contributed by atoms with Gasteiger partial charge in [0.1, 0.15) is 5.82 Å². The Hall–Kier alpha value is -1.69. The second-order valence-corrected chi connectivity index (χ2v) is 5.69. The number of ether oxygens (including phenoxy) is 1. The van der Waals surface area contributed by atoms with E-state index in [1.54, 1.807) is 4.90 Å².